The van der Waals surface area contributed by atoms with Crippen molar-refractivity contribution in [2.75, 3.05) is 11.9 Å². The number of nitrogens with one attached hydrogen (secondary N) is 1. The van der Waals surface area contributed by atoms with Gasteiger partial charge >= 0.3 is 0 Å². The molecule has 4 heterocycles. The number of ether oxygens (including phenoxy) is 1. The van der Waals surface area contributed by atoms with Crippen molar-refractivity contribution in [1.82, 2.24) is 14.8 Å². The summed E-state index contributed by atoms with van der Waals surface area (Å²) in [5.41, 5.74) is 11.2. The normalized spacial score (nSPS) is 16.4. The van der Waals surface area contributed by atoms with E-state index in [4.69, 9.17) is 4.74 Å². The largest absolute Gasteiger partial charge is 0.489 e. The van der Waals surface area contributed by atoms with Gasteiger partial charge in [-0.25, -0.2) is 0 Å². The fourth-order valence-electron chi connectivity index (χ4n) is 7.73. The molecule has 1 aromatic heterocycles. The van der Waals surface area contributed by atoms with Crippen molar-refractivity contribution < 1.29 is 14.3 Å². The predicted octanol–water partition coefficient (Wildman–Crippen LogP) is 7.54. The third-order valence-corrected chi connectivity index (χ3v) is 10.5. The van der Waals surface area contributed by atoms with E-state index in [1.165, 1.54) is 22.3 Å². The van der Waals surface area contributed by atoms with Gasteiger partial charge in [-0.3, -0.25) is 9.59 Å². The van der Waals surface area contributed by atoms with Crippen LogP contribution in [0.1, 0.15) is 74.0 Å². The van der Waals surface area contributed by atoms with Crippen LogP contribution in [0.5, 0.6) is 5.75 Å². The highest BCUT2D eigenvalue weighted by molar-refractivity contribution is 6.08. The SMILES string of the molecule is C[C@@H]1Cc2ccccc2CN1C(=O)c1cc2c(cc1-c1cc(C(=O)N(C)c3ccc(OCc4ccccc4)cc3)c3n1CCCC3)CNC2. The van der Waals surface area contributed by atoms with Gasteiger partial charge in [-0.2, -0.15) is 0 Å². The molecule has 7 nitrogen and oxygen atoms in total. The summed E-state index contributed by atoms with van der Waals surface area (Å²) in [6.07, 6.45) is 3.75. The minimum atomic E-state index is -0.0492. The number of fused-ring (bicyclic) bond motifs is 3. The molecule has 5 aromatic rings. The Bertz CT molecular complexity index is 2030. The predicted molar refractivity (Wildman–Crippen MR) is 193 cm³/mol. The standard InChI is InChI=1S/C42H42N4O3/c1-28-20-30-12-6-7-13-31(30)26-46(28)42(48)37-22-33-25-43-24-32(33)21-36(37)40-23-38(39-14-8-9-19-45(39)40)41(47)44(2)34-15-17-35(18-16-34)49-27-29-10-4-3-5-11-29/h3-7,10-13,15-18,21-23,28,43H,8-9,14,19-20,24-27H2,1-2H3/t28-/m1/s1. The van der Waals surface area contributed by atoms with Gasteiger partial charge in [0.25, 0.3) is 11.8 Å². The Labute approximate surface area is 288 Å². The van der Waals surface area contributed by atoms with E-state index in [0.29, 0.717) is 18.7 Å². The third kappa shape index (κ3) is 5.93. The van der Waals surface area contributed by atoms with Crippen LogP contribution >= 0.6 is 0 Å². The van der Waals surface area contributed by atoms with Crippen molar-refractivity contribution in [3.63, 3.8) is 0 Å². The zero-order valence-corrected chi connectivity index (χ0v) is 28.2. The highest BCUT2D eigenvalue weighted by Gasteiger charge is 2.32. The summed E-state index contributed by atoms with van der Waals surface area (Å²) in [5, 5.41) is 3.47. The summed E-state index contributed by atoms with van der Waals surface area (Å²) >= 11 is 0. The average Bonchev–Trinajstić information content (AvgIpc) is 3.77. The zero-order valence-electron chi connectivity index (χ0n) is 28.2. The molecule has 8 rings (SSSR count). The number of carbonyl (C=O) groups is 2. The molecule has 49 heavy (non-hydrogen) atoms. The van der Waals surface area contributed by atoms with E-state index in [9.17, 15) is 9.59 Å². The van der Waals surface area contributed by atoms with Gasteiger partial charge in [0.2, 0.25) is 0 Å². The minimum Gasteiger partial charge on any atom is -0.489 e. The highest BCUT2D eigenvalue weighted by Crippen LogP contribution is 2.37. The first-order chi connectivity index (χ1) is 23.9. The van der Waals surface area contributed by atoms with Gasteiger partial charge in [0.1, 0.15) is 12.4 Å². The van der Waals surface area contributed by atoms with E-state index in [-0.39, 0.29) is 17.9 Å². The molecule has 0 fully saturated rings. The monoisotopic (exact) mass is 650 g/mol. The molecule has 1 atom stereocenters. The molecule has 0 bridgehead atoms. The van der Waals surface area contributed by atoms with Gasteiger partial charge < -0.3 is 24.4 Å². The Morgan fingerprint density at radius 3 is 2.37 bits per heavy atom. The summed E-state index contributed by atoms with van der Waals surface area (Å²) in [6.45, 7) is 5.59. The Kier molecular flexibility index (Phi) is 8.30. The average molecular weight is 651 g/mol. The molecule has 0 unspecified atom stereocenters. The summed E-state index contributed by atoms with van der Waals surface area (Å²) in [7, 11) is 1.83. The number of amides is 2. The van der Waals surface area contributed by atoms with Crippen molar-refractivity contribution in [3.8, 4) is 17.0 Å². The molecular weight excluding hydrogens is 608 g/mol. The van der Waals surface area contributed by atoms with Gasteiger partial charge in [0.15, 0.2) is 0 Å². The smallest absolute Gasteiger partial charge is 0.259 e. The fourth-order valence-corrected chi connectivity index (χ4v) is 7.73. The van der Waals surface area contributed by atoms with Gasteiger partial charge in [-0.15, -0.1) is 0 Å². The molecule has 0 radical (unpaired) electrons. The van der Waals surface area contributed by atoms with Crippen molar-refractivity contribution in [2.45, 2.75) is 71.4 Å². The van der Waals surface area contributed by atoms with E-state index >= 15 is 0 Å². The van der Waals surface area contributed by atoms with E-state index in [1.807, 2.05) is 72.6 Å². The Balaban J connectivity index is 1.11. The number of benzene rings is 4. The van der Waals surface area contributed by atoms with Gasteiger partial charge in [-0.1, -0.05) is 54.6 Å². The first-order valence-electron chi connectivity index (χ1n) is 17.5. The van der Waals surface area contributed by atoms with Crippen LogP contribution in [-0.2, 0) is 45.6 Å². The molecule has 2 amide bonds. The maximum Gasteiger partial charge on any atom is 0.259 e. The third-order valence-electron chi connectivity index (χ3n) is 10.5. The lowest BCUT2D eigenvalue weighted by Gasteiger charge is -2.35. The van der Waals surface area contributed by atoms with Gasteiger partial charge in [0.05, 0.1) is 5.56 Å². The first kappa shape index (κ1) is 31.1. The van der Waals surface area contributed by atoms with Gasteiger partial charge in [0, 0.05) is 67.5 Å². The van der Waals surface area contributed by atoms with Crippen LogP contribution in [0.4, 0.5) is 5.69 Å². The zero-order chi connectivity index (χ0) is 33.5. The van der Waals surface area contributed by atoms with Crippen LogP contribution in [0.15, 0.2) is 97.1 Å². The number of nitrogens with zero attached hydrogens (tertiary/aromatic N) is 3. The maximum atomic E-state index is 14.6. The molecule has 7 heteroatoms. The highest BCUT2D eigenvalue weighted by atomic mass is 16.5. The molecular formula is C42H42N4O3. The van der Waals surface area contributed by atoms with Crippen LogP contribution in [0.25, 0.3) is 11.3 Å². The van der Waals surface area contributed by atoms with Crippen LogP contribution in [0.3, 0.4) is 0 Å². The number of carbonyl (C=O) groups excluding carboxylic acids is 2. The number of rotatable bonds is 7. The molecule has 1 N–H and O–H groups in total. The second-order valence-electron chi connectivity index (χ2n) is 13.7. The molecule has 0 saturated carbocycles. The van der Waals surface area contributed by atoms with E-state index in [1.54, 1.807) is 4.90 Å². The Morgan fingerprint density at radius 2 is 1.57 bits per heavy atom. The molecule has 248 valence electrons. The quantitative estimate of drug-likeness (QED) is 0.198. The molecule has 4 aromatic carbocycles. The van der Waals surface area contributed by atoms with Gasteiger partial charge in [-0.05, 0) is 103 Å². The molecule has 0 saturated heterocycles. The molecule has 0 spiro atoms. The molecule has 3 aliphatic heterocycles. The van der Waals surface area contributed by atoms with E-state index in [2.05, 4.69) is 53.2 Å². The van der Waals surface area contributed by atoms with Crippen molar-refractivity contribution in [2.24, 2.45) is 0 Å². The summed E-state index contributed by atoms with van der Waals surface area (Å²) in [6, 6.07) is 32.7. The summed E-state index contributed by atoms with van der Waals surface area (Å²) in [4.78, 5) is 32.6. The maximum absolute atomic E-state index is 14.6. The Morgan fingerprint density at radius 1 is 0.837 bits per heavy atom. The second kappa shape index (κ2) is 13.1. The number of anilines is 1. The fraction of sp³-hybridized carbons (Fsp3) is 0.286. The first-order valence-corrected chi connectivity index (χ1v) is 17.5. The second-order valence-corrected chi connectivity index (χ2v) is 13.7. The number of hydrogen-bond acceptors (Lipinski definition) is 4. The number of hydrogen-bond donors (Lipinski definition) is 1. The minimum absolute atomic E-state index is 0.0492. The molecule has 3 aliphatic rings. The lowest BCUT2D eigenvalue weighted by molar-refractivity contribution is 0.0658. The lowest BCUT2D eigenvalue weighted by atomic mass is 9.92. The summed E-state index contributed by atoms with van der Waals surface area (Å²) in [5.74, 6) is 0.760. The van der Waals surface area contributed by atoms with E-state index in [0.717, 1.165) is 84.8 Å². The Hall–Kier alpha value is -5.14. The van der Waals surface area contributed by atoms with Crippen molar-refractivity contribution in [1.29, 1.82) is 0 Å². The van der Waals surface area contributed by atoms with Crippen LogP contribution in [-0.4, -0.2) is 34.4 Å². The van der Waals surface area contributed by atoms with Crippen LogP contribution < -0.4 is 15.0 Å². The molecule has 0 aliphatic carbocycles. The van der Waals surface area contributed by atoms with E-state index < -0.39 is 0 Å². The van der Waals surface area contributed by atoms with Crippen LogP contribution in [0.2, 0.25) is 0 Å². The topological polar surface area (TPSA) is 66.8 Å². The van der Waals surface area contributed by atoms with Crippen molar-refractivity contribution in [3.05, 3.63) is 142 Å². The lowest BCUT2D eigenvalue weighted by Crippen LogP contribution is -2.42. The van der Waals surface area contributed by atoms with Crippen LogP contribution in [0, 0.1) is 0 Å². The van der Waals surface area contributed by atoms with Crippen molar-refractivity contribution >= 4 is 17.5 Å². The number of aromatic nitrogens is 1. The summed E-state index contributed by atoms with van der Waals surface area (Å²) < 4.78 is 8.29.